The number of amides is 6. The third-order valence-electron chi connectivity index (χ3n) is 19.1. The molecule has 3 aliphatic rings. The van der Waals surface area contributed by atoms with E-state index < -0.39 is 32.5 Å². The van der Waals surface area contributed by atoms with Crippen LogP contribution in [0.2, 0.25) is 5.04 Å². The number of aldehydes is 1. The van der Waals surface area contributed by atoms with Crippen molar-refractivity contribution in [3.8, 4) is 0 Å². The zero-order valence-electron chi connectivity index (χ0n) is 62.6. The highest BCUT2D eigenvalue weighted by molar-refractivity contribution is 7.60. The average Bonchev–Trinajstić information content (AvgIpc) is 0.748. The summed E-state index contributed by atoms with van der Waals surface area (Å²) in [4.78, 5) is 95.1. The fourth-order valence-corrected chi connectivity index (χ4v) is 16.6. The Morgan fingerprint density at radius 2 is 0.776 bits per heavy atom. The number of aliphatic hydroxyl groups excluding tert-OH is 1. The molecule has 0 radical (unpaired) electrons. The molecular formula is C70H139N9O9S9Si. The van der Waals surface area contributed by atoms with E-state index in [1.807, 2.05) is 100 Å². The van der Waals surface area contributed by atoms with Crippen LogP contribution in [0.1, 0.15) is 181 Å². The standard InChI is InChI=1S/C34H53N3O3Si.C18H35N3O3.C18H33N3O3.9H2S/c1-9-26(4)31(36-32(38)30-22-16-17-23-37(30)8)33(39)35-29(25(2)3)24-40-41(34(5,6)7,27-18-12-10-13-19-27)28-20-14-11-15-21-28;2*1-6-13(4)16(18(24)19-14(11-22)12(2)3)20-17(23)15-9-7-8-10-21(15)5;;;;;;;;;/h10-15,18-21,25-26,29-31H,9,16-17,22-24H2,1-8H3,(H,35,39)(H,36,38);12-16,22H,6-11H2,1-5H3,(H,19,24)(H,20,23);11-16H,6-10H2,1-5H3,(H,19,24)(H,20,23);9*1H2. The predicted molar refractivity (Wildman–Crippen MR) is 455 cm³/mol. The first-order chi connectivity index (χ1) is 42.0. The quantitative estimate of drug-likeness (QED) is 0.0316. The van der Waals surface area contributed by atoms with Gasteiger partial charge < -0.3 is 46.2 Å². The van der Waals surface area contributed by atoms with Gasteiger partial charge in [-0.1, -0.05) is 203 Å². The fraction of sp³-hybridized carbons (Fsp3) is 0.729. The summed E-state index contributed by atoms with van der Waals surface area (Å²) in [6.07, 6.45) is 12.0. The first kappa shape index (κ1) is 109. The van der Waals surface area contributed by atoms with Crippen LogP contribution in [0.15, 0.2) is 60.7 Å². The summed E-state index contributed by atoms with van der Waals surface area (Å²) >= 11 is 0. The van der Waals surface area contributed by atoms with E-state index in [-0.39, 0.29) is 234 Å². The number of hydrogen-bond donors (Lipinski definition) is 7. The van der Waals surface area contributed by atoms with Gasteiger partial charge in [0.25, 0.3) is 8.32 Å². The van der Waals surface area contributed by atoms with Gasteiger partial charge >= 0.3 is 0 Å². The van der Waals surface area contributed by atoms with E-state index >= 15 is 0 Å². The Bertz CT molecular complexity index is 2450. The maximum absolute atomic E-state index is 13.8. The largest absolute Gasteiger partial charge is 0.405 e. The van der Waals surface area contributed by atoms with E-state index in [9.17, 15) is 38.7 Å². The third-order valence-corrected chi connectivity index (χ3v) is 24.1. The molecule has 18 nitrogen and oxygen atoms in total. The predicted octanol–water partition coefficient (Wildman–Crippen LogP) is 8.21. The Kier molecular flexibility index (Phi) is 62.1. The van der Waals surface area contributed by atoms with Gasteiger partial charge in [0.2, 0.25) is 35.4 Å². The Balaban J connectivity index is -0.000000255. The summed E-state index contributed by atoms with van der Waals surface area (Å²) < 4.78 is 7.18. The Hall–Kier alpha value is -1.90. The van der Waals surface area contributed by atoms with Gasteiger partial charge in [0.05, 0.1) is 49.5 Å². The molecule has 0 bridgehead atoms. The van der Waals surface area contributed by atoms with Crippen LogP contribution in [-0.2, 0) is 38.0 Å². The number of likely N-dealkylation sites (tertiary alicyclic amines) is 3. The summed E-state index contributed by atoms with van der Waals surface area (Å²) in [5.41, 5.74) is 0. The smallest absolute Gasteiger partial charge is 0.261 e. The number of carbonyl (C=O) groups is 7. The third kappa shape index (κ3) is 33.5. The molecule has 3 saturated heterocycles. The van der Waals surface area contributed by atoms with Crippen molar-refractivity contribution in [2.75, 3.05) is 54.0 Å². The molecule has 0 aromatic heterocycles. The van der Waals surface area contributed by atoms with Gasteiger partial charge in [-0.15, -0.1) is 0 Å². The monoisotopic (exact) mass is 1570 g/mol. The van der Waals surface area contributed by atoms with E-state index in [4.69, 9.17) is 4.43 Å². The zero-order valence-corrected chi connectivity index (χ0v) is 72.6. The summed E-state index contributed by atoms with van der Waals surface area (Å²) in [7, 11) is 3.16. The van der Waals surface area contributed by atoms with E-state index in [1.165, 1.54) is 10.4 Å². The number of likely N-dealkylation sites (N-methyl/N-ethyl adjacent to an activating group) is 3. The zero-order chi connectivity index (χ0) is 66.8. The highest BCUT2D eigenvalue weighted by Crippen LogP contribution is 2.37. The number of benzene rings is 2. The van der Waals surface area contributed by atoms with Crippen LogP contribution in [0.5, 0.6) is 0 Å². The lowest BCUT2D eigenvalue weighted by Gasteiger charge is -2.44. The summed E-state index contributed by atoms with van der Waals surface area (Å²) in [5, 5.41) is 29.7. The van der Waals surface area contributed by atoms with Gasteiger partial charge in [-0.3, -0.25) is 43.5 Å². The van der Waals surface area contributed by atoms with Gasteiger partial charge in [-0.25, -0.2) is 0 Å². The lowest BCUT2D eigenvalue weighted by atomic mass is 9.95. The minimum atomic E-state index is -2.75. The van der Waals surface area contributed by atoms with Crippen molar-refractivity contribution < 1.29 is 43.1 Å². The molecule has 5 rings (SSSR count). The fourth-order valence-electron chi connectivity index (χ4n) is 12.0. The lowest BCUT2D eigenvalue weighted by Crippen LogP contribution is -2.67. The second-order valence-corrected chi connectivity index (χ2v) is 32.2. The molecule has 0 aliphatic carbocycles. The first-order valence-electron chi connectivity index (χ1n) is 33.8. The Morgan fingerprint density at radius 3 is 1.02 bits per heavy atom. The summed E-state index contributed by atoms with van der Waals surface area (Å²) in [6, 6.07) is 17.9. The van der Waals surface area contributed by atoms with Gasteiger partial charge in [0.15, 0.2) is 0 Å². The molecule has 2 aromatic rings. The topological polar surface area (TPSA) is 231 Å². The van der Waals surface area contributed by atoms with Crippen LogP contribution in [0.25, 0.3) is 0 Å². The molecule has 7 N–H and O–H groups in total. The van der Waals surface area contributed by atoms with Crippen molar-refractivity contribution in [3.05, 3.63) is 60.7 Å². The second-order valence-electron chi connectivity index (χ2n) is 27.9. The van der Waals surface area contributed by atoms with E-state index in [1.54, 1.807) is 0 Å². The summed E-state index contributed by atoms with van der Waals surface area (Å²) in [5.74, 6) is -0.461. The number of hydrogen-bond acceptors (Lipinski definition) is 12. The molecule has 3 aliphatic heterocycles. The van der Waals surface area contributed by atoms with Crippen molar-refractivity contribution in [1.29, 1.82) is 0 Å². The maximum atomic E-state index is 13.8. The van der Waals surface area contributed by atoms with Gasteiger partial charge in [-0.05, 0) is 130 Å². The van der Waals surface area contributed by atoms with Gasteiger partial charge in [-0.2, -0.15) is 121 Å². The summed E-state index contributed by atoms with van der Waals surface area (Å²) in [6.45, 7) is 33.7. The van der Waals surface area contributed by atoms with Crippen LogP contribution >= 0.6 is 121 Å². The molecule has 6 amide bonds. The average molecular weight is 1570 g/mol. The van der Waals surface area contributed by atoms with Crippen LogP contribution < -0.4 is 42.3 Å². The normalized spacial score (nSPS) is 19.0. The van der Waals surface area contributed by atoms with E-state index in [0.29, 0.717) is 6.61 Å². The maximum Gasteiger partial charge on any atom is 0.261 e. The minimum Gasteiger partial charge on any atom is -0.405 e. The number of nitrogens with zero attached hydrogens (tertiary/aromatic N) is 3. The Labute approximate surface area is 657 Å². The molecule has 12 unspecified atom stereocenters. The highest BCUT2D eigenvalue weighted by atomic mass is 32.1. The number of rotatable bonds is 28. The molecule has 12 atom stereocenters. The van der Waals surface area contributed by atoms with Crippen molar-refractivity contribution in [2.45, 2.75) is 240 Å². The molecular weight excluding hydrogens is 1430 g/mol. The van der Waals surface area contributed by atoms with E-state index in [2.05, 4.69) is 132 Å². The molecule has 28 heteroatoms. The van der Waals surface area contributed by atoms with Crippen molar-refractivity contribution >= 4 is 182 Å². The second kappa shape index (κ2) is 55.6. The molecule has 3 heterocycles. The van der Waals surface area contributed by atoms with Crippen LogP contribution in [-0.4, -0.2) is 178 Å². The lowest BCUT2D eigenvalue weighted by molar-refractivity contribution is -0.134. The number of aliphatic hydroxyl groups is 1. The van der Waals surface area contributed by atoms with Crippen molar-refractivity contribution in [3.63, 3.8) is 0 Å². The van der Waals surface area contributed by atoms with Gasteiger partial charge in [0, 0.05) is 0 Å². The van der Waals surface area contributed by atoms with Crippen molar-refractivity contribution in [1.82, 2.24) is 46.6 Å². The highest BCUT2D eigenvalue weighted by Gasteiger charge is 2.51. The molecule has 576 valence electrons. The molecule has 0 saturated carbocycles. The molecule has 2 aromatic carbocycles. The van der Waals surface area contributed by atoms with Crippen LogP contribution in [0.3, 0.4) is 0 Å². The van der Waals surface area contributed by atoms with Gasteiger partial charge in [0.1, 0.15) is 24.4 Å². The first-order valence-corrected chi connectivity index (χ1v) is 35.7. The Morgan fingerprint density at radius 1 is 0.480 bits per heavy atom. The molecule has 98 heavy (non-hydrogen) atoms. The van der Waals surface area contributed by atoms with Crippen molar-refractivity contribution in [2.24, 2.45) is 35.5 Å². The molecule has 0 spiro atoms. The number of nitrogens with one attached hydrogen (secondary N) is 6. The molecule has 3 fully saturated rings. The SMILES string of the molecule is CCC(C)C(NC(=O)C1CCCCN1C)C(=O)NC(C=O)C(C)C.CCC(C)C(NC(=O)C1CCCCN1C)C(=O)NC(CO)C(C)C.CCC(C)C(NC(=O)C1CCCCN1C)C(=O)NC(CO[Si](c1ccccc1)(c1ccccc1)C(C)(C)C)C(C)C.S.S.S.S.S.S.S.S.S. The number of carbonyl (C=O) groups excluding carboxylic acids is 7. The van der Waals surface area contributed by atoms with Crippen LogP contribution in [0.4, 0.5) is 0 Å². The van der Waals surface area contributed by atoms with E-state index in [0.717, 1.165) is 103 Å². The van der Waals surface area contributed by atoms with Crippen LogP contribution in [0, 0.1) is 35.5 Å². The number of piperidine rings is 3. The minimum absolute atomic E-state index is 0.